The van der Waals surface area contributed by atoms with E-state index in [-0.39, 0.29) is 48.6 Å². The fourth-order valence-electron chi connectivity index (χ4n) is 3.17. The van der Waals surface area contributed by atoms with Gasteiger partial charge in [-0.2, -0.15) is 0 Å². The number of hydrogen-bond donors (Lipinski definition) is 0. The average molecular weight is 361 g/mol. The third kappa shape index (κ3) is 4.46. The fraction of sp³-hybridized carbons (Fsp3) is 0.867. The molecule has 0 unspecified atom stereocenters. The minimum absolute atomic E-state index is 0.00675. The molecule has 0 bridgehead atoms. The monoisotopic (exact) mass is 361 g/mol. The van der Waals surface area contributed by atoms with Crippen LogP contribution in [0.1, 0.15) is 13.8 Å². The molecule has 0 aromatic carbocycles. The summed E-state index contributed by atoms with van der Waals surface area (Å²) in [6, 6.07) is -0.724. The van der Waals surface area contributed by atoms with E-state index in [0.717, 1.165) is 0 Å². The van der Waals surface area contributed by atoms with Gasteiger partial charge in [-0.25, -0.2) is 8.42 Å². The number of sulfone groups is 1. The second-order valence-electron chi connectivity index (χ2n) is 6.92. The van der Waals surface area contributed by atoms with Gasteiger partial charge in [-0.3, -0.25) is 14.5 Å². The van der Waals surface area contributed by atoms with Crippen LogP contribution in [0.25, 0.3) is 0 Å². The van der Waals surface area contributed by atoms with Crippen LogP contribution >= 0.6 is 0 Å². The zero-order valence-corrected chi connectivity index (χ0v) is 15.6. The SMILES string of the molecule is CC(C)OCC(=O)N1CCN(CC(=O)N(C)C)[C@H]2CS(=O)(=O)C[C@H]21. The van der Waals surface area contributed by atoms with Gasteiger partial charge in [0.25, 0.3) is 0 Å². The quantitative estimate of drug-likeness (QED) is 0.612. The lowest BCUT2D eigenvalue weighted by Crippen LogP contribution is -2.62. The predicted molar refractivity (Wildman–Crippen MR) is 89.3 cm³/mol. The molecule has 8 nitrogen and oxygen atoms in total. The molecule has 2 aliphatic rings. The van der Waals surface area contributed by atoms with E-state index in [2.05, 4.69) is 0 Å². The van der Waals surface area contributed by atoms with E-state index >= 15 is 0 Å². The normalized spacial score (nSPS) is 26.5. The molecular formula is C15H27N3O5S. The number of ether oxygens (including phenoxy) is 1. The van der Waals surface area contributed by atoms with Crippen LogP contribution in [-0.2, 0) is 24.2 Å². The van der Waals surface area contributed by atoms with Crippen molar-refractivity contribution in [3.63, 3.8) is 0 Å². The average Bonchev–Trinajstić information content (AvgIpc) is 2.80. The summed E-state index contributed by atoms with van der Waals surface area (Å²) >= 11 is 0. The minimum atomic E-state index is -3.22. The van der Waals surface area contributed by atoms with Gasteiger partial charge < -0.3 is 14.5 Å². The smallest absolute Gasteiger partial charge is 0.248 e. The van der Waals surface area contributed by atoms with Gasteiger partial charge >= 0.3 is 0 Å². The van der Waals surface area contributed by atoms with Gasteiger partial charge in [0, 0.05) is 33.2 Å². The molecule has 0 saturated carbocycles. The maximum atomic E-state index is 12.4. The van der Waals surface area contributed by atoms with E-state index < -0.39 is 15.9 Å². The van der Waals surface area contributed by atoms with Crippen molar-refractivity contribution in [2.75, 3.05) is 51.8 Å². The third-order valence-electron chi connectivity index (χ3n) is 4.49. The molecule has 2 amide bonds. The Bertz CT molecular complexity index is 590. The number of likely N-dealkylation sites (N-methyl/N-ethyl adjacent to an activating group) is 1. The fourth-order valence-corrected chi connectivity index (χ4v) is 5.18. The van der Waals surface area contributed by atoms with E-state index in [1.165, 1.54) is 4.90 Å². The molecule has 2 heterocycles. The molecule has 138 valence electrons. The number of rotatable bonds is 5. The van der Waals surface area contributed by atoms with E-state index in [9.17, 15) is 18.0 Å². The van der Waals surface area contributed by atoms with Crippen molar-refractivity contribution in [3.8, 4) is 0 Å². The summed E-state index contributed by atoms with van der Waals surface area (Å²) in [5, 5.41) is 0. The van der Waals surface area contributed by atoms with Gasteiger partial charge in [0.05, 0.1) is 30.2 Å². The van der Waals surface area contributed by atoms with Gasteiger partial charge in [0.2, 0.25) is 11.8 Å². The number of nitrogens with zero attached hydrogens (tertiary/aromatic N) is 3. The van der Waals surface area contributed by atoms with E-state index in [4.69, 9.17) is 4.74 Å². The topological polar surface area (TPSA) is 87.2 Å². The van der Waals surface area contributed by atoms with Gasteiger partial charge in [-0.15, -0.1) is 0 Å². The van der Waals surface area contributed by atoms with Crippen molar-refractivity contribution in [1.82, 2.24) is 14.7 Å². The van der Waals surface area contributed by atoms with E-state index in [1.807, 2.05) is 18.7 Å². The molecule has 0 spiro atoms. The lowest BCUT2D eigenvalue weighted by atomic mass is 10.0. The molecule has 2 atom stereocenters. The van der Waals surface area contributed by atoms with Gasteiger partial charge in [0.15, 0.2) is 9.84 Å². The molecule has 0 aromatic rings. The second kappa shape index (κ2) is 7.37. The first kappa shape index (κ1) is 19.1. The molecule has 2 rings (SSSR count). The summed E-state index contributed by atoms with van der Waals surface area (Å²) in [6.07, 6.45) is -0.0592. The van der Waals surface area contributed by atoms with Gasteiger partial charge in [-0.05, 0) is 13.8 Å². The highest BCUT2D eigenvalue weighted by atomic mass is 32.2. The molecular weight excluding hydrogens is 334 g/mol. The lowest BCUT2D eigenvalue weighted by Gasteiger charge is -2.43. The molecule has 2 aliphatic heterocycles. The Hall–Kier alpha value is -1.19. The van der Waals surface area contributed by atoms with Crippen LogP contribution in [0.5, 0.6) is 0 Å². The highest BCUT2D eigenvalue weighted by Gasteiger charge is 2.48. The summed E-state index contributed by atoms with van der Waals surface area (Å²) in [5.41, 5.74) is 0. The maximum absolute atomic E-state index is 12.4. The molecule has 0 aliphatic carbocycles. The summed E-state index contributed by atoms with van der Waals surface area (Å²) in [5.74, 6) is -0.305. The van der Waals surface area contributed by atoms with Crippen molar-refractivity contribution in [2.45, 2.75) is 32.0 Å². The molecule has 0 aromatic heterocycles. The van der Waals surface area contributed by atoms with Crippen molar-refractivity contribution < 1.29 is 22.7 Å². The van der Waals surface area contributed by atoms with Crippen LogP contribution in [0.15, 0.2) is 0 Å². The van der Waals surface area contributed by atoms with Crippen molar-refractivity contribution in [3.05, 3.63) is 0 Å². The summed E-state index contributed by atoms with van der Waals surface area (Å²) in [7, 11) is 0.133. The van der Waals surface area contributed by atoms with Crippen molar-refractivity contribution in [1.29, 1.82) is 0 Å². The molecule has 2 fully saturated rings. The third-order valence-corrected chi connectivity index (χ3v) is 6.19. The lowest BCUT2D eigenvalue weighted by molar-refractivity contribution is -0.144. The number of amides is 2. The maximum Gasteiger partial charge on any atom is 0.248 e. The van der Waals surface area contributed by atoms with E-state index in [0.29, 0.717) is 13.1 Å². The summed E-state index contributed by atoms with van der Waals surface area (Å²) < 4.78 is 29.6. The zero-order valence-electron chi connectivity index (χ0n) is 14.8. The highest BCUT2D eigenvalue weighted by molar-refractivity contribution is 7.91. The standard InChI is InChI=1S/C15H27N3O5S/c1-11(2)23-8-15(20)18-6-5-17(7-14(19)16(3)4)12-9-24(21,22)10-13(12)18/h11-13H,5-10H2,1-4H3/t12-,13+/m0/s1. The Morgan fingerprint density at radius 2 is 1.79 bits per heavy atom. The number of carbonyl (C=O) groups is 2. The zero-order chi connectivity index (χ0) is 18.1. The Labute approximate surface area is 143 Å². The first-order valence-electron chi connectivity index (χ1n) is 8.16. The number of carbonyl (C=O) groups excluding carboxylic acids is 2. The largest absolute Gasteiger partial charge is 0.369 e. The Kier molecular flexibility index (Phi) is 5.87. The summed E-state index contributed by atoms with van der Waals surface area (Å²) in [6.45, 7) is 4.73. The van der Waals surface area contributed by atoms with Crippen LogP contribution in [0, 0.1) is 0 Å². The van der Waals surface area contributed by atoms with Crippen LogP contribution in [-0.4, -0.2) is 105 Å². The molecule has 9 heteroatoms. The Balaban J connectivity index is 2.12. The van der Waals surface area contributed by atoms with Crippen LogP contribution < -0.4 is 0 Å². The van der Waals surface area contributed by atoms with Crippen molar-refractivity contribution in [2.24, 2.45) is 0 Å². The summed E-state index contributed by atoms with van der Waals surface area (Å²) in [4.78, 5) is 29.4. The first-order valence-corrected chi connectivity index (χ1v) is 9.98. The molecule has 0 N–H and O–H groups in total. The first-order chi connectivity index (χ1) is 11.1. The predicted octanol–water partition coefficient (Wildman–Crippen LogP) is -1.19. The minimum Gasteiger partial charge on any atom is -0.369 e. The molecule has 0 radical (unpaired) electrons. The molecule has 2 saturated heterocycles. The highest BCUT2D eigenvalue weighted by Crippen LogP contribution is 2.27. The number of fused-ring (bicyclic) bond motifs is 1. The van der Waals surface area contributed by atoms with Crippen molar-refractivity contribution >= 4 is 21.7 Å². The number of piperazine rings is 1. The van der Waals surface area contributed by atoms with Crippen LogP contribution in [0.4, 0.5) is 0 Å². The van der Waals surface area contributed by atoms with Crippen LogP contribution in [0.3, 0.4) is 0 Å². The van der Waals surface area contributed by atoms with E-state index in [1.54, 1.807) is 19.0 Å². The van der Waals surface area contributed by atoms with Crippen LogP contribution in [0.2, 0.25) is 0 Å². The molecule has 24 heavy (non-hydrogen) atoms. The Morgan fingerprint density at radius 3 is 2.38 bits per heavy atom. The van der Waals surface area contributed by atoms with Gasteiger partial charge in [-0.1, -0.05) is 0 Å². The van der Waals surface area contributed by atoms with Gasteiger partial charge in [0.1, 0.15) is 6.61 Å². The Morgan fingerprint density at radius 1 is 1.17 bits per heavy atom. The second-order valence-corrected chi connectivity index (χ2v) is 9.07. The number of hydrogen-bond acceptors (Lipinski definition) is 6.